The van der Waals surface area contributed by atoms with Crippen LogP contribution in [0.15, 0.2) is 42.5 Å². The summed E-state index contributed by atoms with van der Waals surface area (Å²) >= 11 is 0. The van der Waals surface area contributed by atoms with E-state index in [0.717, 1.165) is 6.07 Å². The quantitative estimate of drug-likeness (QED) is 0.660. The third kappa shape index (κ3) is 3.01. The molecule has 0 bridgehead atoms. The number of hydrogen-bond acceptors (Lipinski definition) is 6. The van der Waals surface area contributed by atoms with E-state index in [1.54, 1.807) is 24.3 Å². The van der Waals surface area contributed by atoms with E-state index in [-0.39, 0.29) is 17.3 Å². The van der Waals surface area contributed by atoms with Gasteiger partial charge in [-0.1, -0.05) is 30.3 Å². The molecular weight excluding hydrogens is 337 g/mol. The molecule has 0 atom stereocenters. The van der Waals surface area contributed by atoms with E-state index in [2.05, 4.69) is 9.97 Å². The van der Waals surface area contributed by atoms with Crippen LogP contribution in [0.4, 0.5) is 16.2 Å². The van der Waals surface area contributed by atoms with Crippen LogP contribution in [-0.2, 0) is 0 Å². The minimum absolute atomic E-state index is 0.00888. The maximum Gasteiger partial charge on any atom is 0.338 e. The van der Waals surface area contributed by atoms with E-state index in [9.17, 15) is 14.4 Å². The van der Waals surface area contributed by atoms with E-state index >= 15 is 0 Å². The Hall–Kier alpha value is -3.99. The van der Waals surface area contributed by atoms with Crippen molar-refractivity contribution in [2.45, 2.75) is 0 Å². The first kappa shape index (κ1) is 16.9. The minimum atomic E-state index is -1.33. The minimum Gasteiger partial charge on any atom is -0.478 e. The van der Waals surface area contributed by atoms with Crippen molar-refractivity contribution in [3.63, 3.8) is 0 Å². The van der Waals surface area contributed by atoms with Crippen molar-refractivity contribution in [1.82, 2.24) is 9.97 Å². The summed E-state index contributed by atoms with van der Waals surface area (Å²) in [7, 11) is 0. The largest absolute Gasteiger partial charge is 0.478 e. The lowest BCUT2D eigenvalue weighted by Crippen LogP contribution is -2.04. The van der Waals surface area contributed by atoms with Crippen molar-refractivity contribution in [3.05, 3.63) is 59.4 Å². The second-order valence-electron chi connectivity index (χ2n) is 5.38. The molecule has 3 rings (SSSR count). The summed E-state index contributed by atoms with van der Waals surface area (Å²) in [4.78, 5) is 18.7. The average molecular weight is 349 g/mol. The molecule has 0 aliphatic carbocycles. The number of benzene rings is 2. The van der Waals surface area contributed by atoms with Gasteiger partial charge in [0, 0.05) is 5.56 Å². The van der Waals surface area contributed by atoms with Crippen LogP contribution in [0.25, 0.3) is 22.4 Å². The van der Waals surface area contributed by atoms with Crippen LogP contribution in [0.3, 0.4) is 0 Å². The van der Waals surface area contributed by atoms with Gasteiger partial charge in [0.2, 0.25) is 5.95 Å². The van der Waals surface area contributed by atoms with Crippen molar-refractivity contribution >= 4 is 17.7 Å². The van der Waals surface area contributed by atoms with Crippen molar-refractivity contribution in [2.75, 3.05) is 11.5 Å². The number of aromatic nitrogens is 2. The molecule has 0 saturated heterocycles. The van der Waals surface area contributed by atoms with Crippen LogP contribution in [0.2, 0.25) is 0 Å². The molecule has 0 aliphatic heterocycles. The van der Waals surface area contributed by atoms with Gasteiger partial charge < -0.3 is 16.6 Å². The molecule has 0 unspecified atom stereocenters. The number of halogens is 1. The van der Waals surface area contributed by atoms with Crippen LogP contribution in [0.5, 0.6) is 0 Å². The first-order valence-electron chi connectivity index (χ1n) is 7.37. The molecule has 26 heavy (non-hydrogen) atoms. The second-order valence-corrected chi connectivity index (χ2v) is 5.38. The highest BCUT2D eigenvalue weighted by atomic mass is 19.1. The van der Waals surface area contributed by atoms with Crippen LogP contribution in [0, 0.1) is 17.1 Å². The summed E-state index contributed by atoms with van der Waals surface area (Å²) in [5.41, 5.74) is 13.1. The van der Waals surface area contributed by atoms with Gasteiger partial charge in [-0.05, 0) is 23.3 Å². The van der Waals surface area contributed by atoms with Crippen molar-refractivity contribution < 1.29 is 14.3 Å². The van der Waals surface area contributed by atoms with Gasteiger partial charge in [0.15, 0.2) is 0 Å². The van der Waals surface area contributed by atoms with Gasteiger partial charge in [0.1, 0.15) is 23.3 Å². The lowest BCUT2D eigenvalue weighted by atomic mass is 10.00. The molecular formula is C18H12FN5O2. The molecule has 3 aromatic rings. The molecule has 0 saturated carbocycles. The van der Waals surface area contributed by atoms with E-state index in [1.165, 1.54) is 12.1 Å². The molecule has 0 radical (unpaired) electrons. The van der Waals surface area contributed by atoms with Crippen LogP contribution < -0.4 is 11.5 Å². The van der Waals surface area contributed by atoms with Gasteiger partial charge in [0.05, 0.1) is 11.3 Å². The van der Waals surface area contributed by atoms with Gasteiger partial charge in [-0.15, -0.1) is 0 Å². The highest BCUT2D eigenvalue weighted by Gasteiger charge is 2.14. The Kier molecular flexibility index (Phi) is 4.21. The van der Waals surface area contributed by atoms with E-state index in [0.29, 0.717) is 22.4 Å². The first-order valence-corrected chi connectivity index (χ1v) is 7.37. The Morgan fingerprint density at radius 2 is 1.65 bits per heavy atom. The smallest absolute Gasteiger partial charge is 0.338 e. The standard InChI is InChI=1S/C18H12FN5O2/c19-14-7-11(5-6-12(14)17(25)26)9-1-3-10(4-2-9)15-13(8-20)16(21)24-18(22)23-15/h1-7H,(H,25,26)(H4,21,22,23,24). The zero-order chi connectivity index (χ0) is 18.8. The van der Waals surface area contributed by atoms with Gasteiger partial charge >= 0.3 is 5.97 Å². The molecule has 0 amide bonds. The van der Waals surface area contributed by atoms with Crippen molar-refractivity contribution in [2.24, 2.45) is 0 Å². The second kappa shape index (κ2) is 6.49. The van der Waals surface area contributed by atoms with Crippen molar-refractivity contribution in [1.29, 1.82) is 5.26 Å². The van der Waals surface area contributed by atoms with E-state index in [4.69, 9.17) is 16.6 Å². The van der Waals surface area contributed by atoms with Crippen LogP contribution in [0.1, 0.15) is 15.9 Å². The normalized spacial score (nSPS) is 10.3. The highest BCUT2D eigenvalue weighted by molar-refractivity contribution is 5.88. The highest BCUT2D eigenvalue weighted by Crippen LogP contribution is 2.28. The molecule has 5 N–H and O–H groups in total. The molecule has 0 aliphatic rings. The summed E-state index contributed by atoms with van der Waals surface area (Å²) in [6.07, 6.45) is 0. The predicted molar refractivity (Wildman–Crippen MR) is 93.4 cm³/mol. The Labute approximate surface area is 147 Å². The number of nitrogens with zero attached hydrogens (tertiary/aromatic N) is 3. The third-order valence-electron chi connectivity index (χ3n) is 3.76. The third-order valence-corrected chi connectivity index (χ3v) is 3.76. The van der Waals surface area contributed by atoms with E-state index < -0.39 is 17.3 Å². The SMILES string of the molecule is N#Cc1c(N)nc(N)nc1-c1ccc(-c2ccc(C(=O)O)c(F)c2)cc1. The zero-order valence-electron chi connectivity index (χ0n) is 13.3. The fourth-order valence-corrected chi connectivity index (χ4v) is 2.50. The molecule has 8 heteroatoms. The summed E-state index contributed by atoms with van der Waals surface area (Å²) in [6, 6.07) is 12.6. The van der Waals surface area contributed by atoms with Gasteiger partial charge in [-0.2, -0.15) is 10.2 Å². The maximum atomic E-state index is 13.9. The summed E-state index contributed by atoms with van der Waals surface area (Å²) in [5, 5.41) is 18.1. The molecule has 128 valence electrons. The zero-order valence-corrected chi connectivity index (χ0v) is 13.3. The number of nitriles is 1. The fourth-order valence-electron chi connectivity index (χ4n) is 2.50. The van der Waals surface area contributed by atoms with Gasteiger partial charge in [-0.3, -0.25) is 0 Å². The number of carbonyl (C=O) groups is 1. The number of nitrogens with two attached hydrogens (primary N) is 2. The average Bonchev–Trinajstić information content (AvgIpc) is 2.61. The summed E-state index contributed by atoms with van der Waals surface area (Å²) in [5.74, 6) is -2.20. The number of aromatic carboxylic acids is 1. The Bertz CT molecular complexity index is 1060. The fraction of sp³-hybridized carbons (Fsp3) is 0. The van der Waals surface area contributed by atoms with Gasteiger partial charge in [-0.25, -0.2) is 14.2 Å². The summed E-state index contributed by atoms with van der Waals surface area (Å²) in [6.45, 7) is 0. The Morgan fingerprint density at radius 3 is 2.23 bits per heavy atom. The number of hydrogen-bond donors (Lipinski definition) is 3. The first-order chi connectivity index (χ1) is 12.4. The predicted octanol–water partition coefficient (Wildman–Crippen LogP) is 2.68. The number of anilines is 2. The van der Waals surface area contributed by atoms with Crippen molar-refractivity contribution in [3.8, 4) is 28.5 Å². The Balaban J connectivity index is 2.02. The molecule has 2 aromatic carbocycles. The monoisotopic (exact) mass is 349 g/mol. The molecule has 0 fully saturated rings. The van der Waals surface area contributed by atoms with Gasteiger partial charge in [0.25, 0.3) is 0 Å². The van der Waals surface area contributed by atoms with Crippen LogP contribution in [-0.4, -0.2) is 21.0 Å². The lowest BCUT2D eigenvalue weighted by Gasteiger charge is -2.08. The topological polar surface area (TPSA) is 139 Å². The van der Waals surface area contributed by atoms with E-state index in [1.807, 2.05) is 6.07 Å². The number of nitrogen functional groups attached to an aromatic ring is 2. The number of carboxylic acid groups (broad SMARTS) is 1. The lowest BCUT2D eigenvalue weighted by molar-refractivity contribution is 0.0692. The molecule has 7 nitrogen and oxygen atoms in total. The molecule has 1 aromatic heterocycles. The maximum absolute atomic E-state index is 13.9. The molecule has 0 spiro atoms. The Morgan fingerprint density at radius 1 is 1.04 bits per heavy atom. The van der Waals surface area contributed by atoms with Crippen LogP contribution >= 0.6 is 0 Å². The molecule has 1 heterocycles. The summed E-state index contributed by atoms with van der Waals surface area (Å²) < 4.78 is 13.9. The number of carboxylic acids is 1. The number of rotatable bonds is 3.